The smallest absolute Gasteiger partial charge is 0.229 e. The van der Waals surface area contributed by atoms with Gasteiger partial charge < -0.3 is 4.90 Å². The van der Waals surface area contributed by atoms with E-state index in [2.05, 4.69) is 50.2 Å². The van der Waals surface area contributed by atoms with E-state index in [1.807, 2.05) is 29.2 Å². The van der Waals surface area contributed by atoms with Crippen molar-refractivity contribution >= 4 is 45.0 Å². The minimum absolute atomic E-state index is 0. The molecule has 0 fully saturated rings. The molecule has 0 aliphatic carbocycles. The molecule has 0 spiro atoms. The fourth-order valence-electron chi connectivity index (χ4n) is 3.04. The van der Waals surface area contributed by atoms with Crippen LogP contribution in [0.4, 0.5) is 5.13 Å². The van der Waals surface area contributed by atoms with E-state index < -0.39 is 0 Å². The third-order valence-corrected chi connectivity index (χ3v) is 5.56. The maximum atomic E-state index is 13.0. The van der Waals surface area contributed by atoms with Crippen LogP contribution in [0.1, 0.15) is 24.0 Å². The van der Waals surface area contributed by atoms with E-state index in [0.717, 1.165) is 34.7 Å². The molecule has 3 aromatic rings. The van der Waals surface area contributed by atoms with Crippen LogP contribution in [0.2, 0.25) is 0 Å². The number of aryl methyl sites for hydroxylation is 2. The van der Waals surface area contributed by atoms with Crippen molar-refractivity contribution in [1.29, 1.82) is 0 Å². The second kappa shape index (κ2) is 10.6. The molecule has 6 heteroatoms. The largest absolute Gasteiger partial charge is 0.309 e. The van der Waals surface area contributed by atoms with Crippen LogP contribution >= 0.6 is 23.7 Å². The first-order valence-electron chi connectivity index (χ1n) is 9.39. The van der Waals surface area contributed by atoms with Crippen molar-refractivity contribution in [3.63, 3.8) is 0 Å². The highest BCUT2D eigenvalue weighted by molar-refractivity contribution is 7.22. The Labute approximate surface area is 177 Å². The SMILES string of the molecule is Cc1ccc2nc(N(CCCN(C)C)C(=O)CCc3ccccc3)sc2c1.Cl. The Morgan fingerprint density at radius 2 is 1.82 bits per heavy atom. The summed E-state index contributed by atoms with van der Waals surface area (Å²) < 4.78 is 1.14. The number of amides is 1. The second-order valence-corrected chi connectivity index (χ2v) is 8.16. The summed E-state index contributed by atoms with van der Waals surface area (Å²) in [5.41, 5.74) is 3.38. The highest BCUT2D eigenvalue weighted by atomic mass is 35.5. The zero-order chi connectivity index (χ0) is 19.2. The van der Waals surface area contributed by atoms with Crippen LogP contribution in [0.25, 0.3) is 10.2 Å². The lowest BCUT2D eigenvalue weighted by molar-refractivity contribution is -0.118. The van der Waals surface area contributed by atoms with Gasteiger partial charge in [-0.2, -0.15) is 0 Å². The lowest BCUT2D eigenvalue weighted by Crippen LogP contribution is -2.33. The standard InChI is InChI=1S/C22H27N3OS.ClH/c1-17-10-12-19-20(16-17)27-22(23-19)25(15-7-14-24(2)3)21(26)13-11-18-8-5-4-6-9-18;/h4-6,8-10,12,16H,7,11,13-15H2,1-3H3;1H. The number of halogens is 1. The van der Waals surface area contributed by atoms with Crippen molar-refractivity contribution in [3.8, 4) is 0 Å². The Morgan fingerprint density at radius 1 is 1.07 bits per heavy atom. The topological polar surface area (TPSA) is 36.4 Å². The van der Waals surface area contributed by atoms with E-state index in [1.54, 1.807) is 11.3 Å². The van der Waals surface area contributed by atoms with Crippen LogP contribution in [0.3, 0.4) is 0 Å². The number of carbonyl (C=O) groups is 1. The van der Waals surface area contributed by atoms with Gasteiger partial charge in [-0.1, -0.05) is 47.7 Å². The number of carbonyl (C=O) groups excluding carboxylic acids is 1. The molecule has 0 unspecified atom stereocenters. The van der Waals surface area contributed by atoms with Gasteiger partial charge in [0.25, 0.3) is 0 Å². The number of aromatic nitrogens is 1. The van der Waals surface area contributed by atoms with Crippen LogP contribution in [-0.4, -0.2) is 43.0 Å². The molecule has 3 rings (SSSR count). The molecule has 0 aliphatic rings. The van der Waals surface area contributed by atoms with Gasteiger partial charge in [-0.05, 0) is 63.7 Å². The summed E-state index contributed by atoms with van der Waals surface area (Å²) in [5, 5.41) is 0.812. The minimum atomic E-state index is 0. The molecule has 0 bridgehead atoms. The van der Waals surface area contributed by atoms with E-state index >= 15 is 0 Å². The third-order valence-electron chi connectivity index (χ3n) is 4.52. The van der Waals surface area contributed by atoms with E-state index in [9.17, 15) is 4.79 Å². The van der Waals surface area contributed by atoms with Crippen molar-refractivity contribution < 1.29 is 4.79 Å². The van der Waals surface area contributed by atoms with Gasteiger partial charge in [0.1, 0.15) is 0 Å². The van der Waals surface area contributed by atoms with Crippen molar-refractivity contribution in [3.05, 3.63) is 59.7 Å². The number of anilines is 1. The number of hydrogen-bond acceptors (Lipinski definition) is 4. The molecule has 0 saturated carbocycles. The first-order valence-corrected chi connectivity index (χ1v) is 10.2. The first-order chi connectivity index (χ1) is 13.0. The first kappa shape index (κ1) is 22.3. The molecule has 4 nitrogen and oxygen atoms in total. The number of rotatable bonds is 8. The van der Waals surface area contributed by atoms with Crippen LogP contribution in [0.15, 0.2) is 48.5 Å². The van der Waals surface area contributed by atoms with Crippen LogP contribution < -0.4 is 4.90 Å². The molecule has 0 radical (unpaired) electrons. The lowest BCUT2D eigenvalue weighted by Gasteiger charge is -2.21. The van der Waals surface area contributed by atoms with Crippen molar-refractivity contribution in [2.75, 3.05) is 32.1 Å². The molecule has 0 atom stereocenters. The summed E-state index contributed by atoms with van der Waals surface area (Å²) in [6, 6.07) is 16.4. The lowest BCUT2D eigenvalue weighted by atomic mass is 10.1. The van der Waals surface area contributed by atoms with Gasteiger partial charge in [-0.3, -0.25) is 9.69 Å². The number of fused-ring (bicyclic) bond motifs is 1. The van der Waals surface area contributed by atoms with Crippen molar-refractivity contribution in [1.82, 2.24) is 9.88 Å². The van der Waals surface area contributed by atoms with Crippen LogP contribution in [0, 0.1) is 6.92 Å². The monoisotopic (exact) mass is 417 g/mol. The van der Waals surface area contributed by atoms with Gasteiger partial charge in [-0.15, -0.1) is 12.4 Å². The van der Waals surface area contributed by atoms with E-state index in [-0.39, 0.29) is 18.3 Å². The summed E-state index contributed by atoms with van der Waals surface area (Å²) in [4.78, 5) is 21.8. The maximum Gasteiger partial charge on any atom is 0.229 e. The highest BCUT2D eigenvalue weighted by Crippen LogP contribution is 2.30. The second-order valence-electron chi connectivity index (χ2n) is 7.16. The molecule has 28 heavy (non-hydrogen) atoms. The fourth-order valence-corrected chi connectivity index (χ4v) is 4.15. The zero-order valence-corrected chi connectivity index (χ0v) is 18.4. The Hall–Kier alpha value is -1.95. The molecule has 0 saturated heterocycles. The number of benzene rings is 2. The predicted molar refractivity (Wildman–Crippen MR) is 122 cm³/mol. The molecule has 2 aromatic carbocycles. The van der Waals surface area contributed by atoms with Gasteiger partial charge in [0, 0.05) is 13.0 Å². The fraction of sp³-hybridized carbons (Fsp3) is 0.364. The Balaban J connectivity index is 0.00000280. The molecular weight excluding hydrogens is 390 g/mol. The summed E-state index contributed by atoms with van der Waals surface area (Å²) in [6.07, 6.45) is 2.19. The van der Waals surface area contributed by atoms with Gasteiger partial charge in [0.05, 0.1) is 10.2 Å². The van der Waals surface area contributed by atoms with E-state index in [0.29, 0.717) is 13.0 Å². The number of thiazole rings is 1. The van der Waals surface area contributed by atoms with Gasteiger partial charge in [0.2, 0.25) is 5.91 Å². The quantitative estimate of drug-likeness (QED) is 0.520. The Bertz CT molecular complexity index is 895. The molecular formula is C22H28ClN3OS. The zero-order valence-electron chi connectivity index (χ0n) is 16.7. The van der Waals surface area contributed by atoms with E-state index in [4.69, 9.17) is 4.98 Å². The average molecular weight is 418 g/mol. The van der Waals surface area contributed by atoms with E-state index in [1.165, 1.54) is 11.1 Å². The number of hydrogen-bond donors (Lipinski definition) is 0. The third kappa shape index (κ3) is 6.03. The summed E-state index contributed by atoms with van der Waals surface area (Å²) in [7, 11) is 4.12. The number of nitrogens with zero attached hydrogens (tertiary/aromatic N) is 3. The molecule has 1 heterocycles. The Kier molecular flexibility index (Phi) is 8.42. The van der Waals surface area contributed by atoms with Crippen molar-refractivity contribution in [2.45, 2.75) is 26.2 Å². The summed E-state index contributed by atoms with van der Waals surface area (Å²) >= 11 is 1.61. The summed E-state index contributed by atoms with van der Waals surface area (Å²) in [6.45, 7) is 3.73. The molecule has 0 N–H and O–H groups in total. The normalized spacial score (nSPS) is 10.9. The maximum absolute atomic E-state index is 13.0. The van der Waals surface area contributed by atoms with Gasteiger partial charge in [-0.25, -0.2) is 4.98 Å². The highest BCUT2D eigenvalue weighted by Gasteiger charge is 2.19. The summed E-state index contributed by atoms with van der Waals surface area (Å²) in [5.74, 6) is 0.147. The van der Waals surface area contributed by atoms with Gasteiger partial charge >= 0.3 is 0 Å². The molecule has 0 aliphatic heterocycles. The molecule has 1 aromatic heterocycles. The molecule has 1 amide bonds. The molecule has 150 valence electrons. The minimum Gasteiger partial charge on any atom is -0.309 e. The van der Waals surface area contributed by atoms with Crippen LogP contribution in [-0.2, 0) is 11.2 Å². The van der Waals surface area contributed by atoms with Crippen molar-refractivity contribution in [2.24, 2.45) is 0 Å². The van der Waals surface area contributed by atoms with Gasteiger partial charge in [0.15, 0.2) is 5.13 Å². The average Bonchev–Trinajstić information content (AvgIpc) is 3.06. The Morgan fingerprint density at radius 3 is 2.54 bits per heavy atom. The van der Waals surface area contributed by atoms with Crippen LogP contribution in [0.5, 0.6) is 0 Å². The predicted octanol–water partition coefficient (Wildman–Crippen LogP) is 4.94.